The summed E-state index contributed by atoms with van der Waals surface area (Å²) in [6.07, 6.45) is 0.947. The van der Waals surface area contributed by atoms with Gasteiger partial charge >= 0.3 is 0 Å². The Morgan fingerprint density at radius 1 is 1.43 bits per heavy atom. The largest absolute Gasteiger partial charge is 0.377 e. The summed E-state index contributed by atoms with van der Waals surface area (Å²) >= 11 is 0. The molecule has 1 aromatic rings. The third-order valence-corrected chi connectivity index (χ3v) is 1.96. The van der Waals surface area contributed by atoms with Crippen molar-refractivity contribution in [2.24, 2.45) is 5.73 Å². The molecule has 0 aliphatic rings. The van der Waals surface area contributed by atoms with Crippen LogP contribution in [0.15, 0.2) is 18.2 Å². The maximum atomic E-state index is 13.3. The van der Waals surface area contributed by atoms with Crippen LogP contribution in [0.4, 0.5) is 4.39 Å². The van der Waals surface area contributed by atoms with Crippen molar-refractivity contribution in [2.45, 2.75) is 26.5 Å². The monoisotopic (exact) mass is 197 g/mol. The summed E-state index contributed by atoms with van der Waals surface area (Å²) in [5.41, 5.74) is 6.79. The summed E-state index contributed by atoms with van der Waals surface area (Å²) in [4.78, 5) is 0. The van der Waals surface area contributed by atoms with Crippen molar-refractivity contribution < 1.29 is 9.13 Å². The highest BCUT2D eigenvalue weighted by Crippen LogP contribution is 2.11. The number of hydrogen-bond donors (Lipinski definition) is 1. The lowest BCUT2D eigenvalue weighted by Crippen LogP contribution is -2.01. The van der Waals surface area contributed by atoms with Crippen LogP contribution in [0.25, 0.3) is 0 Å². The third-order valence-electron chi connectivity index (χ3n) is 1.96. The van der Waals surface area contributed by atoms with E-state index in [1.54, 1.807) is 6.07 Å². The summed E-state index contributed by atoms with van der Waals surface area (Å²) in [6, 6.07) is 5.02. The van der Waals surface area contributed by atoms with Gasteiger partial charge in [-0.15, -0.1) is 0 Å². The molecule has 78 valence electrons. The molecule has 0 bridgehead atoms. The summed E-state index contributed by atoms with van der Waals surface area (Å²) < 4.78 is 18.6. The van der Waals surface area contributed by atoms with Crippen LogP contribution in [-0.2, 0) is 17.9 Å². The fraction of sp³-hybridized carbons (Fsp3) is 0.455. The molecule has 0 saturated carbocycles. The molecule has 0 radical (unpaired) electrons. The molecule has 0 fully saturated rings. The maximum absolute atomic E-state index is 13.3. The minimum Gasteiger partial charge on any atom is -0.377 e. The highest BCUT2D eigenvalue weighted by molar-refractivity contribution is 5.23. The normalized spacial score (nSPS) is 10.5. The van der Waals surface area contributed by atoms with Crippen molar-refractivity contribution in [3.8, 4) is 0 Å². The molecule has 2 N–H and O–H groups in total. The van der Waals surface area contributed by atoms with Crippen molar-refractivity contribution >= 4 is 0 Å². The van der Waals surface area contributed by atoms with Gasteiger partial charge in [-0.25, -0.2) is 4.39 Å². The Morgan fingerprint density at radius 2 is 2.21 bits per heavy atom. The first-order valence-corrected chi connectivity index (χ1v) is 4.83. The fourth-order valence-corrected chi connectivity index (χ4v) is 1.16. The van der Waals surface area contributed by atoms with Gasteiger partial charge in [0.15, 0.2) is 0 Å². The lowest BCUT2D eigenvalue weighted by atomic mass is 10.1. The van der Waals surface area contributed by atoms with E-state index in [2.05, 4.69) is 0 Å². The molecule has 0 aliphatic heterocycles. The van der Waals surface area contributed by atoms with Gasteiger partial charge in [0.1, 0.15) is 5.82 Å². The van der Waals surface area contributed by atoms with Crippen LogP contribution in [0, 0.1) is 5.82 Å². The molecule has 0 atom stereocenters. The smallest absolute Gasteiger partial charge is 0.129 e. The van der Waals surface area contributed by atoms with E-state index in [9.17, 15) is 4.39 Å². The van der Waals surface area contributed by atoms with Crippen molar-refractivity contribution in [1.82, 2.24) is 0 Å². The first-order chi connectivity index (χ1) is 6.77. The zero-order valence-electron chi connectivity index (χ0n) is 8.42. The van der Waals surface area contributed by atoms with Crippen LogP contribution in [0.3, 0.4) is 0 Å². The Bertz CT molecular complexity index is 289. The Kier molecular flexibility index (Phi) is 4.56. The van der Waals surface area contributed by atoms with Crippen LogP contribution < -0.4 is 5.73 Å². The minimum absolute atomic E-state index is 0.232. The molecule has 0 aromatic heterocycles. The zero-order valence-corrected chi connectivity index (χ0v) is 8.42. The van der Waals surface area contributed by atoms with Crippen LogP contribution in [0.2, 0.25) is 0 Å². The summed E-state index contributed by atoms with van der Waals surface area (Å²) in [5.74, 6) is -0.232. The first kappa shape index (κ1) is 11.1. The minimum atomic E-state index is -0.232. The van der Waals surface area contributed by atoms with Crippen LogP contribution in [-0.4, -0.2) is 6.61 Å². The Labute approximate surface area is 83.9 Å². The number of hydrogen-bond acceptors (Lipinski definition) is 2. The second kappa shape index (κ2) is 5.73. The standard InChI is InChI=1S/C11H16FNO/c1-2-5-14-8-10-4-3-9(7-13)6-11(10)12/h3-4,6H,2,5,7-8,13H2,1H3. The maximum Gasteiger partial charge on any atom is 0.129 e. The lowest BCUT2D eigenvalue weighted by Gasteiger charge is -2.05. The number of halogens is 1. The first-order valence-electron chi connectivity index (χ1n) is 4.83. The van der Waals surface area contributed by atoms with Crippen LogP contribution >= 0.6 is 0 Å². The van der Waals surface area contributed by atoms with Gasteiger partial charge < -0.3 is 10.5 Å². The quantitative estimate of drug-likeness (QED) is 0.734. The summed E-state index contributed by atoms with van der Waals surface area (Å²) in [6.45, 7) is 3.39. The summed E-state index contributed by atoms with van der Waals surface area (Å²) in [5, 5.41) is 0. The number of nitrogens with two attached hydrogens (primary N) is 1. The molecule has 0 aliphatic carbocycles. The third kappa shape index (κ3) is 3.09. The Morgan fingerprint density at radius 3 is 2.79 bits per heavy atom. The van der Waals surface area contributed by atoms with Gasteiger partial charge in [-0.1, -0.05) is 19.1 Å². The SMILES string of the molecule is CCCOCc1ccc(CN)cc1F. The second-order valence-electron chi connectivity index (χ2n) is 3.18. The lowest BCUT2D eigenvalue weighted by molar-refractivity contribution is 0.119. The van der Waals surface area contributed by atoms with Gasteiger partial charge in [0.05, 0.1) is 6.61 Å². The topological polar surface area (TPSA) is 35.2 Å². The molecule has 0 saturated heterocycles. The highest BCUT2D eigenvalue weighted by atomic mass is 19.1. The predicted octanol–water partition coefficient (Wildman–Crippen LogP) is 2.21. The Balaban J connectivity index is 2.59. The van der Waals surface area contributed by atoms with E-state index in [0.29, 0.717) is 25.3 Å². The van der Waals surface area contributed by atoms with E-state index in [-0.39, 0.29) is 5.82 Å². The van der Waals surface area contributed by atoms with Gasteiger partial charge in [0, 0.05) is 18.7 Å². The van der Waals surface area contributed by atoms with Gasteiger partial charge in [-0.3, -0.25) is 0 Å². The van der Waals surface area contributed by atoms with Gasteiger partial charge in [-0.2, -0.15) is 0 Å². The van der Waals surface area contributed by atoms with Gasteiger partial charge in [-0.05, 0) is 18.1 Å². The van der Waals surface area contributed by atoms with E-state index < -0.39 is 0 Å². The molecular formula is C11H16FNO. The fourth-order valence-electron chi connectivity index (χ4n) is 1.16. The number of benzene rings is 1. The molecule has 0 unspecified atom stereocenters. The van der Waals surface area contributed by atoms with Crippen molar-refractivity contribution in [1.29, 1.82) is 0 Å². The number of rotatable bonds is 5. The Hall–Kier alpha value is -0.930. The van der Waals surface area contributed by atoms with Gasteiger partial charge in [0.2, 0.25) is 0 Å². The van der Waals surface area contributed by atoms with Gasteiger partial charge in [0.25, 0.3) is 0 Å². The molecule has 1 aromatic carbocycles. The van der Waals surface area contributed by atoms with E-state index in [1.807, 2.05) is 13.0 Å². The van der Waals surface area contributed by atoms with Crippen molar-refractivity contribution in [2.75, 3.05) is 6.61 Å². The molecule has 0 spiro atoms. The van der Waals surface area contributed by atoms with E-state index in [4.69, 9.17) is 10.5 Å². The zero-order chi connectivity index (χ0) is 10.4. The molecule has 0 amide bonds. The molecule has 1 rings (SSSR count). The molecule has 2 nitrogen and oxygen atoms in total. The van der Waals surface area contributed by atoms with Crippen molar-refractivity contribution in [3.63, 3.8) is 0 Å². The molecule has 3 heteroatoms. The average Bonchev–Trinajstić information content (AvgIpc) is 2.20. The van der Waals surface area contributed by atoms with Crippen LogP contribution in [0.5, 0.6) is 0 Å². The molecule has 14 heavy (non-hydrogen) atoms. The van der Waals surface area contributed by atoms with E-state index >= 15 is 0 Å². The molecule has 0 heterocycles. The van der Waals surface area contributed by atoms with E-state index in [1.165, 1.54) is 6.07 Å². The molecular weight excluding hydrogens is 181 g/mol. The highest BCUT2D eigenvalue weighted by Gasteiger charge is 2.02. The van der Waals surface area contributed by atoms with Crippen molar-refractivity contribution in [3.05, 3.63) is 35.1 Å². The number of ether oxygens (including phenoxy) is 1. The average molecular weight is 197 g/mol. The summed E-state index contributed by atoms with van der Waals surface area (Å²) in [7, 11) is 0. The second-order valence-corrected chi connectivity index (χ2v) is 3.18. The van der Waals surface area contributed by atoms with Crippen LogP contribution in [0.1, 0.15) is 24.5 Å². The predicted molar refractivity (Wildman–Crippen MR) is 54.2 cm³/mol. The van der Waals surface area contributed by atoms with E-state index in [0.717, 1.165) is 12.0 Å².